The number of amides is 2. The largest absolute Gasteiger partial charge is 0.360 e. The molecule has 29 heavy (non-hydrogen) atoms. The van der Waals surface area contributed by atoms with Gasteiger partial charge in [0.25, 0.3) is 0 Å². The zero-order valence-corrected chi connectivity index (χ0v) is 16.1. The van der Waals surface area contributed by atoms with Gasteiger partial charge in [0.05, 0.1) is 37.2 Å². The molecule has 150 valence electrons. The third kappa shape index (κ3) is 2.95. The molecule has 5 rings (SSSR count). The molecule has 2 bridgehead atoms. The van der Waals surface area contributed by atoms with Gasteiger partial charge in [0.1, 0.15) is 5.60 Å². The van der Waals surface area contributed by atoms with Gasteiger partial charge >= 0.3 is 0 Å². The molecular weight excluding hydrogens is 372 g/mol. The molecule has 3 aliphatic heterocycles. The van der Waals surface area contributed by atoms with Gasteiger partial charge in [-0.25, -0.2) is 0 Å². The smallest absolute Gasteiger partial charge is 0.230 e. The lowest BCUT2D eigenvalue weighted by atomic mass is 9.76. The van der Waals surface area contributed by atoms with E-state index in [4.69, 9.17) is 9.26 Å². The fraction of sp³-hybridized carbons (Fsp3) is 0.429. The minimum absolute atomic E-state index is 0.00248. The summed E-state index contributed by atoms with van der Waals surface area (Å²) < 4.78 is 11.3. The van der Waals surface area contributed by atoms with Gasteiger partial charge in [-0.2, -0.15) is 0 Å². The topological polar surface area (TPSA) is 88.8 Å². The average Bonchev–Trinajstić information content (AvgIpc) is 3.49. The van der Waals surface area contributed by atoms with Crippen molar-refractivity contribution in [1.82, 2.24) is 19.9 Å². The van der Waals surface area contributed by atoms with Crippen molar-refractivity contribution in [3.63, 3.8) is 0 Å². The van der Waals surface area contributed by atoms with Crippen LogP contribution in [0.1, 0.15) is 11.3 Å². The first-order valence-corrected chi connectivity index (χ1v) is 9.77. The Morgan fingerprint density at radius 1 is 1.31 bits per heavy atom. The van der Waals surface area contributed by atoms with Crippen LogP contribution in [0, 0.1) is 11.8 Å². The van der Waals surface area contributed by atoms with Crippen molar-refractivity contribution < 1.29 is 18.8 Å². The predicted molar refractivity (Wildman–Crippen MR) is 101 cm³/mol. The van der Waals surface area contributed by atoms with E-state index < -0.39 is 17.4 Å². The Bertz CT molecular complexity index is 945. The standard InChI is InChI=1S/C21H22N4O4/c1-24(12-15-5-10-23-29-15)19(26)17-16-2-7-21(28-16)13-25(20(27)18(17)21)11-6-14-3-8-22-9-4-14/h2-5,7-10,16-18H,6,11-13H2,1H3/t16-,17?,18?,21-/m0/s1. The van der Waals surface area contributed by atoms with Crippen molar-refractivity contribution in [3.8, 4) is 0 Å². The van der Waals surface area contributed by atoms with Gasteiger partial charge < -0.3 is 19.1 Å². The molecule has 2 unspecified atom stereocenters. The molecule has 0 aliphatic carbocycles. The number of rotatable bonds is 6. The van der Waals surface area contributed by atoms with Crippen LogP contribution in [0.15, 0.2) is 53.5 Å². The average molecular weight is 394 g/mol. The molecule has 3 aliphatic rings. The second-order valence-electron chi connectivity index (χ2n) is 7.94. The minimum Gasteiger partial charge on any atom is -0.360 e. The van der Waals surface area contributed by atoms with E-state index in [1.165, 1.54) is 0 Å². The van der Waals surface area contributed by atoms with E-state index in [1.54, 1.807) is 36.6 Å². The van der Waals surface area contributed by atoms with Crippen LogP contribution < -0.4 is 0 Å². The van der Waals surface area contributed by atoms with E-state index in [2.05, 4.69) is 10.1 Å². The monoisotopic (exact) mass is 394 g/mol. The summed E-state index contributed by atoms with van der Waals surface area (Å²) in [4.78, 5) is 33.9. The maximum absolute atomic E-state index is 13.2. The maximum Gasteiger partial charge on any atom is 0.230 e. The predicted octanol–water partition coefficient (Wildman–Crippen LogP) is 1.05. The van der Waals surface area contributed by atoms with E-state index in [1.807, 2.05) is 29.2 Å². The number of fused-ring (bicyclic) bond motifs is 1. The number of ether oxygens (including phenoxy) is 1. The molecule has 4 atom stereocenters. The summed E-state index contributed by atoms with van der Waals surface area (Å²) in [7, 11) is 1.72. The number of carbonyl (C=O) groups excluding carboxylic acids is 2. The molecule has 2 amide bonds. The van der Waals surface area contributed by atoms with Gasteiger partial charge in [0, 0.05) is 32.1 Å². The number of hydrogen-bond acceptors (Lipinski definition) is 6. The molecule has 1 spiro atoms. The van der Waals surface area contributed by atoms with Gasteiger partial charge in [-0.05, 0) is 24.1 Å². The van der Waals surface area contributed by atoms with Crippen molar-refractivity contribution in [2.75, 3.05) is 20.1 Å². The van der Waals surface area contributed by atoms with Crippen LogP contribution in [0.3, 0.4) is 0 Å². The van der Waals surface area contributed by atoms with Crippen molar-refractivity contribution in [1.29, 1.82) is 0 Å². The zero-order chi connectivity index (χ0) is 20.0. The first-order valence-electron chi connectivity index (χ1n) is 9.77. The Balaban J connectivity index is 1.32. The van der Waals surface area contributed by atoms with Gasteiger partial charge in [0.15, 0.2) is 5.76 Å². The first kappa shape index (κ1) is 18.1. The Hall–Kier alpha value is -3.00. The van der Waals surface area contributed by atoms with Crippen molar-refractivity contribution in [2.45, 2.75) is 24.7 Å². The maximum atomic E-state index is 13.2. The molecular formula is C21H22N4O4. The molecule has 8 nitrogen and oxygen atoms in total. The third-order valence-electron chi connectivity index (χ3n) is 6.14. The molecule has 0 radical (unpaired) electrons. The fourth-order valence-electron chi connectivity index (χ4n) is 4.75. The lowest BCUT2D eigenvalue weighted by Gasteiger charge is -2.27. The highest BCUT2D eigenvalue weighted by molar-refractivity contribution is 5.93. The molecule has 8 heteroatoms. The molecule has 2 aromatic rings. The number of hydrogen-bond donors (Lipinski definition) is 0. The quantitative estimate of drug-likeness (QED) is 0.681. The van der Waals surface area contributed by atoms with Crippen molar-refractivity contribution >= 4 is 11.8 Å². The highest BCUT2D eigenvalue weighted by atomic mass is 16.5. The zero-order valence-electron chi connectivity index (χ0n) is 16.1. The van der Waals surface area contributed by atoms with Gasteiger partial charge in [-0.15, -0.1) is 0 Å². The summed E-state index contributed by atoms with van der Waals surface area (Å²) >= 11 is 0. The van der Waals surface area contributed by atoms with Crippen LogP contribution in [-0.4, -0.2) is 63.6 Å². The van der Waals surface area contributed by atoms with Gasteiger partial charge in [-0.3, -0.25) is 14.6 Å². The number of nitrogens with zero attached hydrogens (tertiary/aromatic N) is 4. The fourth-order valence-corrected chi connectivity index (χ4v) is 4.75. The van der Waals surface area contributed by atoms with E-state index in [9.17, 15) is 9.59 Å². The first-order chi connectivity index (χ1) is 14.1. The molecule has 0 aromatic carbocycles. The summed E-state index contributed by atoms with van der Waals surface area (Å²) in [6.07, 6.45) is 9.35. The second-order valence-corrected chi connectivity index (χ2v) is 7.94. The Kier molecular flexibility index (Phi) is 4.24. The Morgan fingerprint density at radius 2 is 2.14 bits per heavy atom. The number of carbonyl (C=O) groups is 2. The Morgan fingerprint density at radius 3 is 2.90 bits per heavy atom. The number of pyridine rings is 1. The van der Waals surface area contributed by atoms with E-state index in [0.29, 0.717) is 25.4 Å². The summed E-state index contributed by atoms with van der Waals surface area (Å²) in [5, 5.41) is 3.68. The van der Waals surface area contributed by atoms with Crippen LogP contribution in [0.5, 0.6) is 0 Å². The number of aromatic nitrogens is 2. The summed E-state index contributed by atoms with van der Waals surface area (Å²) in [5.74, 6) is -0.484. The summed E-state index contributed by atoms with van der Waals surface area (Å²) in [6, 6.07) is 5.63. The van der Waals surface area contributed by atoms with Crippen LogP contribution in [0.25, 0.3) is 0 Å². The van der Waals surface area contributed by atoms with E-state index in [0.717, 1.165) is 12.0 Å². The molecule has 0 N–H and O–H groups in total. The summed E-state index contributed by atoms with van der Waals surface area (Å²) in [5.41, 5.74) is 0.440. The summed E-state index contributed by atoms with van der Waals surface area (Å²) in [6.45, 7) is 1.40. The molecule has 2 aromatic heterocycles. The molecule has 5 heterocycles. The van der Waals surface area contributed by atoms with Crippen LogP contribution in [0.2, 0.25) is 0 Å². The van der Waals surface area contributed by atoms with Crippen LogP contribution in [-0.2, 0) is 27.3 Å². The van der Waals surface area contributed by atoms with Crippen LogP contribution in [0.4, 0.5) is 0 Å². The highest BCUT2D eigenvalue weighted by Gasteiger charge is 2.66. The van der Waals surface area contributed by atoms with Crippen molar-refractivity contribution in [2.24, 2.45) is 11.8 Å². The van der Waals surface area contributed by atoms with E-state index >= 15 is 0 Å². The van der Waals surface area contributed by atoms with Gasteiger partial charge in [0.2, 0.25) is 11.8 Å². The van der Waals surface area contributed by atoms with E-state index in [-0.39, 0.29) is 17.9 Å². The molecule has 2 saturated heterocycles. The minimum atomic E-state index is -0.687. The lowest BCUT2D eigenvalue weighted by molar-refractivity contribution is -0.142. The Labute approximate surface area is 168 Å². The van der Waals surface area contributed by atoms with Crippen LogP contribution >= 0.6 is 0 Å². The molecule has 0 saturated carbocycles. The van der Waals surface area contributed by atoms with Crippen molar-refractivity contribution in [3.05, 3.63) is 60.3 Å². The second kappa shape index (κ2) is 6.81. The third-order valence-corrected chi connectivity index (χ3v) is 6.14. The highest BCUT2D eigenvalue weighted by Crippen LogP contribution is 2.52. The SMILES string of the molecule is CN(Cc1ccno1)C(=O)C1C2C(=O)N(CCc3ccncc3)C[C@@]23C=C[C@@H]1O3. The lowest BCUT2D eigenvalue weighted by Crippen LogP contribution is -2.44. The number of likely N-dealkylation sites (tertiary alicyclic amines) is 1. The molecule has 2 fully saturated rings. The normalized spacial score (nSPS) is 29.5. The van der Waals surface area contributed by atoms with Gasteiger partial charge in [-0.1, -0.05) is 17.3 Å².